The Balaban J connectivity index is 4.30. The Hall–Kier alpha value is -1.67. The summed E-state index contributed by atoms with van der Waals surface area (Å²) < 4.78 is 10.4. The first-order chi connectivity index (χ1) is 14.3. The zero-order chi connectivity index (χ0) is 22.8. The van der Waals surface area contributed by atoms with Crippen molar-refractivity contribution < 1.29 is 34.1 Å². The molecular weight excluding hydrogens is 390 g/mol. The minimum absolute atomic E-state index is 0.0713. The molecule has 0 spiro atoms. The standard InChI is InChI=1S/C22H41NO7/c1-4-5-9-13-20(19(25)12-10-7-6-8-11-14-21(26)27)30-22(28)17-23(3)15-16-29-18(2)24/h19-20,25H,4-17H2,1-3H3,(H,26,27). The van der Waals surface area contributed by atoms with Gasteiger partial charge in [-0.15, -0.1) is 0 Å². The summed E-state index contributed by atoms with van der Waals surface area (Å²) in [5, 5.41) is 19.2. The maximum absolute atomic E-state index is 12.3. The molecule has 0 radical (unpaired) electrons. The molecule has 0 aromatic heterocycles. The summed E-state index contributed by atoms with van der Waals surface area (Å²) in [4.78, 5) is 35.3. The van der Waals surface area contributed by atoms with Gasteiger partial charge in [0.05, 0.1) is 12.6 Å². The fourth-order valence-corrected chi connectivity index (χ4v) is 3.12. The van der Waals surface area contributed by atoms with Crippen molar-refractivity contribution >= 4 is 17.9 Å². The molecule has 0 rings (SSSR count). The fraction of sp³-hybridized carbons (Fsp3) is 0.864. The van der Waals surface area contributed by atoms with Crippen LogP contribution in [0.1, 0.15) is 84.5 Å². The van der Waals surface area contributed by atoms with Crippen LogP contribution in [0.15, 0.2) is 0 Å². The maximum atomic E-state index is 12.3. The molecule has 0 saturated carbocycles. The highest BCUT2D eigenvalue weighted by Gasteiger charge is 2.23. The van der Waals surface area contributed by atoms with E-state index in [1.54, 1.807) is 11.9 Å². The first kappa shape index (κ1) is 28.3. The molecule has 8 nitrogen and oxygen atoms in total. The van der Waals surface area contributed by atoms with Gasteiger partial charge in [0.1, 0.15) is 12.7 Å². The second kappa shape index (κ2) is 18.1. The minimum Gasteiger partial charge on any atom is -0.481 e. The van der Waals surface area contributed by atoms with Crippen LogP contribution in [0.3, 0.4) is 0 Å². The summed E-state index contributed by atoms with van der Waals surface area (Å²) in [5.74, 6) is -1.51. The predicted octanol–water partition coefficient (Wildman–Crippen LogP) is 3.15. The third-order valence-electron chi connectivity index (χ3n) is 4.87. The lowest BCUT2D eigenvalue weighted by molar-refractivity contribution is -0.157. The van der Waals surface area contributed by atoms with Crippen molar-refractivity contribution in [3.05, 3.63) is 0 Å². The molecule has 0 amide bonds. The average molecular weight is 432 g/mol. The SMILES string of the molecule is CCCCCC(OC(=O)CN(C)CCOC(C)=O)C(O)CCCCCCCC(=O)O. The van der Waals surface area contributed by atoms with Gasteiger partial charge in [-0.25, -0.2) is 0 Å². The quantitative estimate of drug-likeness (QED) is 0.237. The smallest absolute Gasteiger partial charge is 0.320 e. The number of nitrogens with zero attached hydrogens (tertiary/aromatic N) is 1. The van der Waals surface area contributed by atoms with Crippen LogP contribution in [0, 0.1) is 0 Å². The van der Waals surface area contributed by atoms with E-state index in [1.807, 2.05) is 0 Å². The number of carboxylic acid groups (broad SMARTS) is 1. The van der Waals surface area contributed by atoms with Crippen molar-refractivity contribution in [1.29, 1.82) is 0 Å². The van der Waals surface area contributed by atoms with Crippen LogP contribution in [-0.2, 0) is 23.9 Å². The molecule has 2 atom stereocenters. The van der Waals surface area contributed by atoms with E-state index in [0.29, 0.717) is 25.8 Å². The molecule has 0 aliphatic rings. The van der Waals surface area contributed by atoms with E-state index in [4.69, 9.17) is 14.6 Å². The summed E-state index contributed by atoms with van der Waals surface area (Å²) in [6.07, 6.45) is 7.37. The molecule has 0 bridgehead atoms. The highest BCUT2D eigenvalue weighted by atomic mass is 16.6. The lowest BCUT2D eigenvalue weighted by Crippen LogP contribution is -2.36. The topological polar surface area (TPSA) is 113 Å². The number of hydrogen-bond donors (Lipinski definition) is 2. The summed E-state index contributed by atoms with van der Waals surface area (Å²) in [6, 6.07) is 0. The number of likely N-dealkylation sites (N-methyl/N-ethyl adjacent to an activating group) is 1. The molecule has 176 valence electrons. The summed E-state index contributed by atoms with van der Waals surface area (Å²) in [5.41, 5.74) is 0. The van der Waals surface area contributed by atoms with E-state index >= 15 is 0 Å². The Kier molecular flexibility index (Phi) is 17.1. The molecule has 0 aromatic rings. The maximum Gasteiger partial charge on any atom is 0.320 e. The fourth-order valence-electron chi connectivity index (χ4n) is 3.12. The molecule has 0 fully saturated rings. The first-order valence-electron chi connectivity index (χ1n) is 11.2. The van der Waals surface area contributed by atoms with Gasteiger partial charge in [-0.2, -0.15) is 0 Å². The minimum atomic E-state index is -0.765. The number of carbonyl (C=O) groups is 3. The molecule has 0 aromatic carbocycles. The van der Waals surface area contributed by atoms with Crippen LogP contribution in [0.4, 0.5) is 0 Å². The summed E-state index contributed by atoms with van der Waals surface area (Å²) in [7, 11) is 1.75. The van der Waals surface area contributed by atoms with E-state index < -0.39 is 24.1 Å². The molecule has 2 N–H and O–H groups in total. The van der Waals surface area contributed by atoms with Gasteiger partial charge in [0.2, 0.25) is 0 Å². The van der Waals surface area contributed by atoms with Crippen LogP contribution < -0.4 is 0 Å². The van der Waals surface area contributed by atoms with Crippen molar-refractivity contribution in [2.24, 2.45) is 0 Å². The van der Waals surface area contributed by atoms with Gasteiger partial charge >= 0.3 is 17.9 Å². The van der Waals surface area contributed by atoms with E-state index in [0.717, 1.165) is 44.9 Å². The van der Waals surface area contributed by atoms with Crippen molar-refractivity contribution in [3.8, 4) is 0 Å². The first-order valence-corrected chi connectivity index (χ1v) is 11.2. The van der Waals surface area contributed by atoms with Gasteiger partial charge in [0.25, 0.3) is 0 Å². The molecule has 0 aliphatic carbocycles. The normalized spacial score (nSPS) is 13.1. The third kappa shape index (κ3) is 17.2. The number of aliphatic hydroxyl groups is 1. The molecule has 2 unspecified atom stereocenters. The van der Waals surface area contributed by atoms with Crippen LogP contribution in [0.25, 0.3) is 0 Å². The van der Waals surface area contributed by atoms with E-state index in [-0.39, 0.29) is 25.5 Å². The number of hydrogen-bond acceptors (Lipinski definition) is 7. The molecular formula is C22H41NO7. The number of carboxylic acids is 1. The number of ether oxygens (including phenoxy) is 2. The second-order valence-electron chi connectivity index (χ2n) is 7.87. The molecule has 0 aliphatic heterocycles. The van der Waals surface area contributed by atoms with Crippen molar-refractivity contribution in [1.82, 2.24) is 4.90 Å². The number of rotatable bonds is 19. The van der Waals surface area contributed by atoms with Gasteiger partial charge in [0.15, 0.2) is 0 Å². The van der Waals surface area contributed by atoms with E-state index in [9.17, 15) is 19.5 Å². The molecule has 0 heterocycles. The Bertz CT molecular complexity index is 484. The summed E-state index contributed by atoms with van der Waals surface area (Å²) in [6.45, 7) is 4.15. The van der Waals surface area contributed by atoms with Crippen molar-refractivity contribution in [3.63, 3.8) is 0 Å². The summed E-state index contributed by atoms with van der Waals surface area (Å²) >= 11 is 0. The Morgan fingerprint density at radius 1 is 0.967 bits per heavy atom. The van der Waals surface area contributed by atoms with Crippen LogP contribution in [0.5, 0.6) is 0 Å². The zero-order valence-corrected chi connectivity index (χ0v) is 18.9. The highest BCUT2D eigenvalue weighted by molar-refractivity contribution is 5.71. The lowest BCUT2D eigenvalue weighted by atomic mass is 10.00. The molecule has 0 saturated heterocycles. The van der Waals surface area contributed by atoms with Gasteiger partial charge in [-0.05, 0) is 32.7 Å². The van der Waals surface area contributed by atoms with Crippen LogP contribution in [-0.4, -0.2) is 72.0 Å². The highest BCUT2D eigenvalue weighted by Crippen LogP contribution is 2.17. The molecule has 30 heavy (non-hydrogen) atoms. The zero-order valence-electron chi connectivity index (χ0n) is 18.9. The van der Waals surface area contributed by atoms with Gasteiger partial charge < -0.3 is 19.7 Å². The van der Waals surface area contributed by atoms with Crippen molar-refractivity contribution in [2.45, 2.75) is 96.7 Å². The number of carbonyl (C=O) groups excluding carboxylic acids is 2. The number of unbranched alkanes of at least 4 members (excludes halogenated alkanes) is 6. The second-order valence-corrected chi connectivity index (χ2v) is 7.87. The monoisotopic (exact) mass is 431 g/mol. The van der Waals surface area contributed by atoms with E-state index in [2.05, 4.69) is 6.92 Å². The largest absolute Gasteiger partial charge is 0.481 e. The van der Waals surface area contributed by atoms with Gasteiger partial charge in [0, 0.05) is 19.9 Å². The van der Waals surface area contributed by atoms with E-state index in [1.165, 1.54) is 6.92 Å². The molecule has 8 heteroatoms. The van der Waals surface area contributed by atoms with Crippen molar-refractivity contribution in [2.75, 3.05) is 26.7 Å². The Morgan fingerprint density at radius 2 is 1.60 bits per heavy atom. The number of esters is 2. The number of aliphatic hydroxyl groups excluding tert-OH is 1. The Morgan fingerprint density at radius 3 is 2.23 bits per heavy atom. The Labute approximate surface area is 180 Å². The predicted molar refractivity (Wildman–Crippen MR) is 114 cm³/mol. The van der Waals surface area contributed by atoms with Crippen LogP contribution >= 0.6 is 0 Å². The van der Waals surface area contributed by atoms with Gasteiger partial charge in [-0.1, -0.05) is 45.4 Å². The van der Waals surface area contributed by atoms with Gasteiger partial charge in [-0.3, -0.25) is 19.3 Å². The average Bonchev–Trinajstić information content (AvgIpc) is 2.65. The van der Waals surface area contributed by atoms with Crippen LogP contribution in [0.2, 0.25) is 0 Å². The third-order valence-corrected chi connectivity index (χ3v) is 4.87. The lowest BCUT2D eigenvalue weighted by Gasteiger charge is -2.25. The number of aliphatic carboxylic acids is 1.